The molecule has 4 aromatic rings. The summed E-state index contributed by atoms with van der Waals surface area (Å²) in [6.45, 7) is 8.98. The van der Waals surface area contributed by atoms with Crippen LogP contribution in [0.5, 0.6) is 5.88 Å². The molecule has 2 atom stereocenters. The summed E-state index contributed by atoms with van der Waals surface area (Å²) in [5.74, 6) is 1.17. The van der Waals surface area contributed by atoms with Crippen LogP contribution in [0.4, 0.5) is 5.69 Å². The van der Waals surface area contributed by atoms with Gasteiger partial charge >= 0.3 is 0 Å². The van der Waals surface area contributed by atoms with Crippen LogP contribution >= 0.6 is 0 Å². The van der Waals surface area contributed by atoms with Crippen molar-refractivity contribution in [2.45, 2.75) is 26.4 Å². The van der Waals surface area contributed by atoms with E-state index in [4.69, 9.17) is 4.74 Å². The first kappa shape index (κ1) is 19.3. The Morgan fingerprint density at radius 1 is 1.16 bits per heavy atom. The quantitative estimate of drug-likeness (QED) is 0.422. The predicted molar refractivity (Wildman–Crippen MR) is 122 cm³/mol. The second kappa shape index (κ2) is 7.87. The molecule has 6 heteroatoms. The van der Waals surface area contributed by atoms with Crippen molar-refractivity contribution >= 4 is 11.3 Å². The van der Waals surface area contributed by atoms with Crippen LogP contribution in [0.15, 0.2) is 73.2 Å². The first-order valence-corrected chi connectivity index (χ1v) is 10.5. The zero-order valence-corrected chi connectivity index (χ0v) is 17.7. The van der Waals surface area contributed by atoms with E-state index in [9.17, 15) is 0 Å². The van der Waals surface area contributed by atoms with Gasteiger partial charge in [0, 0.05) is 47.7 Å². The van der Waals surface area contributed by atoms with Crippen molar-refractivity contribution in [3.63, 3.8) is 0 Å². The molecule has 5 rings (SSSR count). The third kappa shape index (κ3) is 4.14. The van der Waals surface area contributed by atoms with Gasteiger partial charge < -0.3 is 10.1 Å². The van der Waals surface area contributed by atoms with Gasteiger partial charge in [-0.2, -0.15) is 0 Å². The van der Waals surface area contributed by atoms with Crippen molar-refractivity contribution in [3.8, 4) is 17.1 Å². The Labute approximate surface area is 181 Å². The van der Waals surface area contributed by atoms with Crippen LogP contribution < -0.4 is 10.1 Å². The number of hydrogen-bond acceptors (Lipinski definition) is 5. The summed E-state index contributed by atoms with van der Waals surface area (Å²) in [4.78, 5) is 8.75. The Morgan fingerprint density at radius 3 is 2.71 bits per heavy atom. The van der Waals surface area contributed by atoms with E-state index in [1.807, 2.05) is 49.1 Å². The highest BCUT2D eigenvalue weighted by molar-refractivity contribution is 5.65. The van der Waals surface area contributed by atoms with Crippen LogP contribution in [0.3, 0.4) is 0 Å². The molecule has 0 spiro atoms. The first-order chi connectivity index (χ1) is 15.1. The minimum absolute atomic E-state index is 0.155. The molecule has 6 nitrogen and oxygen atoms in total. The minimum atomic E-state index is -0.155. The minimum Gasteiger partial charge on any atom is -0.469 e. The molecule has 1 aliphatic rings. The number of hydrogen-bond donors (Lipinski definition) is 1. The number of nitrogens with one attached hydrogen (secondary N) is 1. The highest BCUT2D eigenvalue weighted by Gasteiger charge is 2.26. The van der Waals surface area contributed by atoms with E-state index < -0.39 is 0 Å². The Morgan fingerprint density at radius 2 is 1.97 bits per heavy atom. The van der Waals surface area contributed by atoms with Gasteiger partial charge in [0.15, 0.2) is 5.65 Å². The predicted octanol–water partition coefficient (Wildman–Crippen LogP) is 5.23. The van der Waals surface area contributed by atoms with Crippen LogP contribution in [0.25, 0.3) is 16.9 Å². The lowest BCUT2D eigenvalue weighted by molar-refractivity contribution is 0.214. The maximum atomic E-state index is 6.09. The lowest BCUT2D eigenvalue weighted by Gasteiger charge is -2.14. The van der Waals surface area contributed by atoms with E-state index in [-0.39, 0.29) is 6.10 Å². The molecule has 0 amide bonds. The number of aryl methyl sites for hydroxylation is 1. The summed E-state index contributed by atoms with van der Waals surface area (Å²) in [6.07, 6.45) is 6.49. The van der Waals surface area contributed by atoms with Gasteiger partial charge in [0.1, 0.15) is 6.10 Å². The molecule has 0 saturated heterocycles. The Bertz CT molecular complexity index is 1240. The van der Waals surface area contributed by atoms with Crippen LogP contribution in [-0.2, 0) is 0 Å². The number of nitrogens with zero attached hydrogens (tertiary/aromatic N) is 4. The van der Waals surface area contributed by atoms with Crippen LogP contribution in [0.1, 0.15) is 30.6 Å². The molecule has 0 aliphatic heterocycles. The number of fused-ring (bicyclic) bond motifs is 1. The normalized spacial score (nSPS) is 16.3. The van der Waals surface area contributed by atoms with E-state index >= 15 is 0 Å². The molecule has 1 fully saturated rings. The van der Waals surface area contributed by atoms with E-state index in [1.54, 1.807) is 0 Å². The van der Waals surface area contributed by atoms with Crippen molar-refractivity contribution in [1.29, 1.82) is 0 Å². The summed E-state index contributed by atoms with van der Waals surface area (Å²) in [5, 5.41) is 8.16. The molecule has 2 unspecified atom stereocenters. The molecule has 1 saturated carbocycles. The Kier molecular flexibility index (Phi) is 4.90. The number of imidazole rings is 1. The fraction of sp³-hybridized carbons (Fsp3) is 0.240. The van der Waals surface area contributed by atoms with Crippen molar-refractivity contribution in [1.82, 2.24) is 19.6 Å². The molecule has 0 radical (unpaired) electrons. The lowest BCUT2D eigenvalue weighted by atomic mass is 10.1. The van der Waals surface area contributed by atoms with E-state index in [0.29, 0.717) is 11.8 Å². The van der Waals surface area contributed by atoms with Gasteiger partial charge in [-0.3, -0.25) is 4.98 Å². The Hall–Kier alpha value is -3.67. The Balaban J connectivity index is 1.35. The number of anilines is 1. The topological polar surface area (TPSA) is 64.3 Å². The van der Waals surface area contributed by atoms with E-state index in [2.05, 4.69) is 57.3 Å². The largest absolute Gasteiger partial charge is 0.469 e. The number of ether oxygens (including phenoxy) is 1. The van der Waals surface area contributed by atoms with Crippen molar-refractivity contribution in [2.75, 3.05) is 11.9 Å². The highest BCUT2D eigenvalue weighted by atomic mass is 16.5. The maximum Gasteiger partial charge on any atom is 0.232 e. The van der Waals surface area contributed by atoms with Crippen molar-refractivity contribution in [3.05, 3.63) is 84.3 Å². The average Bonchev–Trinajstić information content (AvgIpc) is 3.33. The average molecular weight is 412 g/mol. The third-order valence-corrected chi connectivity index (χ3v) is 5.66. The van der Waals surface area contributed by atoms with Gasteiger partial charge in [0.2, 0.25) is 5.88 Å². The lowest BCUT2D eigenvalue weighted by Crippen LogP contribution is -2.07. The fourth-order valence-corrected chi connectivity index (χ4v) is 3.64. The number of aromatic nitrogens is 4. The van der Waals surface area contributed by atoms with E-state index in [0.717, 1.165) is 46.7 Å². The molecular weight excluding hydrogens is 386 g/mol. The molecule has 3 heterocycles. The van der Waals surface area contributed by atoms with E-state index in [1.165, 1.54) is 5.57 Å². The molecule has 0 bridgehead atoms. The van der Waals surface area contributed by atoms with Gasteiger partial charge in [-0.15, -0.1) is 5.10 Å². The van der Waals surface area contributed by atoms with Crippen molar-refractivity contribution < 1.29 is 4.74 Å². The van der Waals surface area contributed by atoms with Crippen molar-refractivity contribution in [2.24, 2.45) is 5.92 Å². The second-order valence-electron chi connectivity index (χ2n) is 8.16. The van der Waals surface area contributed by atoms with Crippen LogP contribution in [-0.4, -0.2) is 26.1 Å². The molecule has 156 valence electrons. The first-order valence-electron chi connectivity index (χ1n) is 10.5. The number of pyridine rings is 1. The van der Waals surface area contributed by atoms with Gasteiger partial charge in [0.25, 0.3) is 0 Å². The summed E-state index contributed by atoms with van der Waals surface area (Å²) in [6, 6.07) is 14.2. The summed E-state index contributed by atoms with van der Waals surface area (Å²) >= 11 is 0. The van der Waals surface area contributed by atoms with Crippen LogP contribution in [0.2, 0.25) is 0 Å². The van der Waals surface area contributed by atoms with Gasteiger partial charge in [-0.05, 0) is 50.1 Å². The molecule has 1 aromatic carbocycles. The zero-order valence-electron chi connectivity index (χ0n) is 17.7. The molecule has 31 heavy (non-hydrogen) atoms. The number of rotatable bonds is 7. The summed E-state index contributed by atoms with van der Waals surface area (Å²) in [7, 11) is 0. The fourth-order valence-electron chi connectivity index (χ4n) is 3.64. The van der Waals surface area contributed by atoms with Gasteiger partial charge in [-0.1, -0.05) is 24.3 Å². The summed E-state index contributed by atoms with van der Waals surface area (Å²) < 4.78 is 7.92. The monoisotopic (exact) mass is 411 g/mol. The highest BCUT2D eigenvalue weighted by Crippen LogP contribution is 2.35. The summed E-state index contributed by atoms with van der Waals surface area (Å²) in [5.41, 5.74) is 7.32. The standard InChI is InChI=1S/C25H25N5O/c1-16-10-21(13-26-12-16)18(3)31-25-9-8-24-28-15-23(30(24)29-25)19-4-6-22(7-5-19)27-14-20-11-17(20)2/h4-10,12-13,15,18,20,27H,2,11,14H2,1,3H3. The smallest absolute Gasteiger partial charge is 0.232 e. The maximum absolute atomic E-state index is 6.09. The third-order valence-electron chi connectivity index (χ3n) is 5.66. The second-order valence-corrected chi connectivity index (χ2v) is 8.16. The molecule has 1 aliphatic carbocycles. The van der Waals surface area contributed by atoms with Gasteiger partial charge in [-0.25, -0.2) is 9.50 Å². The SMILES string of the molecule is C=C1CC1CNc1ccc(-c2cnc3ccc(OC(C)c4cncc(C)c4)nn23)cc1. The molecular formula is C25H25N5O. The molecule has 1 N–H and O–H groups in total. The van der Waals surface area contributed by atoms with Gasteiger partial charge in [0.05, 0.1) is 11.9 Å². The van der Waals surface area contributed by atoms with Crippen LogP contribution in [0, 0.1) is 12.8 Å². The zero-order chi connectivity index (χ0) is 21.4. The molecule has 3 aromatic heterocycles. The number of benzene rings is 1.